The summed E-state index contributed by atoms with van der Waals surface area (Å²) in [6.45, 7) is 6.38. The van der Waals surface area contributed by atoms with Crippen molar-refractivity contribution in [1.29, 1.82) is 0 Å². The summed E-state index contributed by atoms with van der Waals surface area (Å²) in [7, 11) is 0. The van der Waals surface area contributed by atoms with Crippen molar-refractivity contribution in [2.24, 2.45) is 0 Å². The lowest BCUT2D eigenvalue weighted by atomic mass is 10.2. The van der Waals surface area contributed by atoms with Crippen molar-refractivity contribution in [3.8, 4) is 0 Å². The molecule has 0 amide bonds. The standard InChI is InChI=1S/C14H17ClO2S/c1-14(2,3)18-8-11(16)13-7-9-6-10(15)4-5-12(9)17-13/h4-7,11,16H,8H2,1-3H3. The van der Waals surface area contributed by atoms with Crippen LogP contribution in [0.4, 0.5) is 0 Å². The molecule has 0 aliphatic carbocycles. The van der Waals surface area contributed by atoms with Gasteiger partial charge in [0, 0.05) is 20.9 Å². The maximum Gasteiger partial charge on any atom is 0.134 e. The molecule has 4 heteroatoms. The van der Waals surface area contributed by atoms with Crippen molar-refractivity contribution in [1.82, 2.24) is 0 Å². The number of aliphatic hydroxyl groups excluding tert-OH is 1. The SMILES string of the molecule is CC(C)(C)SCC(O)c1cc2cc(Cl)ccc2o1. The van der Waals surface area contributed by atoms with Crippen molar-refractivity contribution in [2.45, 2.75) is 31.6 Å². The molecule has 1 atom stereocenters. The van der Waals surface area contributed by atoms with E-state index < -0.39 is 6.10 Å². The van der Waals surface area contributed by atoms with Gasteiger partial charge >= 0.3 is 0 Å². The van der Waals surface area contributed by atoms with E-state index >= 15 is 0 Å². The Hall–Kier alpha value is -0.640. The first-order chi connectivity index (χ1) is 8.35. The van der Waals surface area contributed by atoms with Gasteiger partial charge in [0.25, 0.3) is 0 Å². The van der Waals surface area contributed by atoms with Crippen LogP contribution in [0, 0.1) is 0 Å². The predicted octanol–water partition coefficient (Wildman–Crippen LogP) is 4.65. The maximum atomic E-state index is 10.1. The molecule has 0 radical (unpaired) electrons. The van der Waals surface area contributed by atoms with Gasteiger partial charge in [-0.05, 0) is 24.3 Å². The molecule has 0 aliphatic rings. The first-order valence-electron chi connectivity index (χ1n) is 5.86. The van der Waals surface area contributed by atoms with E-state index in [1.807, 2.05) is 18.2 Å². The van der Waals surface area contributed by atoms with Crippen LogP contribution >= 0.6 is 23.4 Å². The van der Waals surface area contributed by atoms with E-state index in [0.717, 1.165) is 11.0 Å². The van der Waals surface area contributed by atoms with Gasteiger partial charge in [0.05, 0.1) is 0 Å². The minimum Gasteiger partial charge on any atom is -0.458 e. The van der Waals surface area contributed by atoms with Crippen molar-refractivity contribution in [2.75, 3.05) is 5.75 Å². The van der Waals surface area contributed by atoms with Gasteiger partial charge in [0.15, 0.2) is 0 Å². The van der Waals surface area contributed by atoms with Crippen LogP contribution in [0.1, 0.15) is 32.6 Å². The summed E-state index contributed by atoms with van der Waals surface area (Å²) in [6.07, 6.45) is -0.583. The summed E-state index contributed by atoms with van der Waals surface area (Å²) in [5.74, 6) is 1.22. The van der Waals surface area contributed by atoms with Crippen LogP contribution in [0.2, 0.25) is 5.02 Å². The van der Waals surface area contributed by atoms with Crippen LogP contribution in [0.25, 0.3) is 11.0 Å². The minimum absolute atomic E-state index is 0.135. The van der Waals surface area contributed by atoms with Gasteiger partial charge in [0.2, 0.25) is 0 Å². The average Bonchev–Trinajstić information content (AvgIpc) is 2.67. The zero-order chi connectivity index (χ0) is 13.3. The normalized spacial score (nSPS) is 14.1. The lowest BCUT2D eigenvalue weighted by Gasteiger charge is -2.19. The van der Waals surface area contributed by atoms with Gasteiger partial charge in [-0.15, -0.1) is 0 Å². The number of fused-ring (bicyclic) bond motifs is 1. The number of hydrogen-bond donors (Lipinski definition) is 1. The Morgan fingerprint density at radius 3 is 2.72 bits per heavy atom. The third-order valence-corrected chi connectivity index (χ3v) is 4.08. The third-order valence-electron chi connectivity index (χ3n) is 2.50. The summed E-state index contributed by atoms with van der Waals surface area (Å²) < 4.78 is 5.76. The fourth-order valence-corrected chi connectivity index (χ4v) is 2.61. The second-order valence-corrected chi connectivity index (χ2v) is 7.55. The van der Waals surface area contributed by atoms with Crippen LogP contribution in [0.15, 0.2) is 28.7 Å². The monoisotopic (exact) mass is 284 g/mol. The first kappa shape index (κ1) is 13.8. The number of furan rings is 1. The molecule has 0 bridgehead atoms. The van der Waals surface area contributed by atoms with E-state index in [2.05, 4.69) is 20.8 Å². The highest BCUT2D eigenvalue weighted by molar-refractivity contribution is 8.00. The largest absolute Gasteiger partial charge is 0.458 e. The van der Waals surface area contributed by atoms with E-state index in [-0.39, 0.29) is 4.75 Å². The molecule has 18 heavy (non-hydrogen) atoms. The number of thioether (sulfide) groups is 1. The first-order valence-corrected chi connectivity index (χ1v) is 7.22. The zero-order valence-electron chi connectivity index (χ0n) is 10.7. The molecule has 98 valence electrons. The molecule has 1 aromatic heterocycles. The number of rotatable bonds is 3. The van der Waals surface area contributed by atoms with E-state index in [4.69, 9.17) is 16.0 Å². The summed E-state index contributed by atoms with van der Waals surface area (Å²) >= 11 is 7.63. The molecule has 2 aromatic rings. The number of aliphatic hydroxyl groups is 1. The van der Waals surface area contributed by atoms with Crippen LogP contribution in [-0.2, 0) is 0 Å². The molecular formula is C14H17ClO2S. The smallest absolute Gasteiger partial charge is 0.134 e. The molecule has 0 saturated carbocycles. The van der Waals surface area contributed by atoms with Gasteiger partial charge in [-0.2, -0.15) is 11.8 Å². The van der Waals surface area contributed by atoms with Crippen molar-refractivity contribution >= 4 is 34.3 Å². The lowest BCUT2D eigenvalue weighted by Crippen LogP contribution is -2.11. The molecule has 0 aliphatic heterocycles. The van der Waals surface area contributed by atoms with Crippen LogP contribution in [-0.4, -0.2) is 15.6 Å². The Bertz CT molecular complexity index is 542. The second-order valence-electron chi connectivity index (χ2n) is 5.27. The van der Waals surface area contributed by atoms with Gasteiger partial charge in [-0.3, -0.25) is 0 Å². The summed E-state index contributed by atoms with van der Waals surface area (Å²) in [4.78, 5) is 0. The molecule has 1 unspecified atom stereocenters. The molecule has 1 aromatic carbocycles. The Morgan fingerprint density at radius 2 is 2.06 bits per heavy atom. The third kappa shape index (κ3) is 3.44. The molecule has 0 fully saturated rings. The highest BCUT2D eigenvalue weighted by Gasteiger charge is 2.18. The summed E-state index contributed by atoms with van der Waals surface area (Å²) in [5, 5.41) is 11.7. The second kappa shape index (κ2) is 5.16. The Balaban J connectivity index is 2.15. The fourth-order valence-electron chi connectivity index (χ4n) is 1.61. The summed E-state index contributed by atoms with van der Waals surface area (Å²) in [5.41, 5.74) is 0.759. The molecule has 0 saturated heterocycles. The lowest BCUT2D eigenvalue weighted by molar-refractivity contribution is 0.176. The maximum absolute atomic E-state index is 10.1. The average molecular weight is 285 g/mol. The Labute approximate surface area is 116 Å². The van der Waals surface area contributed by atoms with E-state index in [0.29, 0.717) is 16.5 Å². The Kier molecular flexibility index (Phi) is 3.95. The van der Waals surface area contributed by atoms with Crippen LogP contribution in [0.5, 0.6) is 0 Å². The highest BCUT2D eigenvalue weighted by Crippen LogP contribution is 2.31. The van der Waals surface area contributed by atoms with E-state index in [1.54, 1.807) is 17.8 Å². The number of benzene rings is 1. The molecule has 2 nitrogen and oxygen atoms in total. The molecule has 2 rings (SSSR count). The van der Waals surface area contributed by atoms with Gasteiger partial charge < -0.3 is 9.52 Å². The highest BCUT2D eigenvalue weighted by atomic mass is 35.5. The van der Waals surface area contributed by atoms with E-state index in [9.17, 15) is 5.11 Å². The quantitative estimate of drug-likeness (QED) is 0.890. The number of hydrogen-bond acceptors (Lipinski definition) is 3. The fraction of sp³-hybridized carbons (Fsp3) is 0.429. The van der Waals surface area contributed by atoms with Crippen LogP contribution < -0.4 is 0 Å². The minimum atomic E-state index is -0.583. The zero-order valence-corrected chi connectivity index (χ0v) is 12.3. The summed E-state index contributed by atoms with van der Waals surface area (Å²) in [6, 6.07) is 7.31. The van der Waals surface area contributed by atoms with Gasteiger partial charge in [-0.1, -0.05) is 32.4 Å². The topological polar surface area (TPSA) is 33.4 Å². The molecule has 1 heterocycles. The molecule has 0 spiro atoms. The molecule has 1 N–H and O–H groups in total. The van der Waals surface area contributed by atoms with Gasteiger partial charge in [0.1, 0.15) is 17.4 Å². The van der Waals surface area contributed by atoms with Crippen molar-refractivity contribution in [3.05, 3.63) is 35.0 Å². The van der Waals surface area contributed by atoms with E-state index in [1.165, 1.54) is 0 Å². The van der Waals surface area contributed by atoms with Gasteiger partial charge in [-0.25, -0.2) is 0 Å². The Morgan fingerprint density at radius 1 is 1.33 bits per heavy atom. The molecular weight excluding hydrogens is 268 g/mol. The van der Waals surface area contributed by atoms with Crippen molar-refractivity contribution in [3.63, 3.8) is 0 Å². The van der Waals surface area contributed by atoms with Crippen LogP contribution in [0.3, 0.4) is 0 Å². The van der Waals surface area contributed by atoms with Crippen molar-refractivity contribution < 1.29 is 9.52 Å². The predicted molar refractivity (Wildman–Crippen MR) is 78.4 cm³/mol. The number of halogens is 1.